The van der Waals surface area contributed by atoms with Crippen molar-refractivity contribution in [2.24, 2.45) is 0 Å². The summed E-state index contributed by atoms with van der Waals surface area (Å²) < 4.78 is 6.14. The van der Waals surface area contributed by atoms with Gasteiger partial charge >= 0.3 is 5.97 Å². The fraction of sp³-hybridized carbons (Fsp3) is 0.250. The first-order valence-corrected chi connectivity index (χ1v) is 10.0. The summed E-state index contributed by atoms with van der Waals surface area (Å²) in [6.07, 6.45) is 0. The number of carbonyl (C=O) groups is 2. The van der Waals surface area contributed by atoms with Crippen LogP contribution < -0.4 is 10.9 Å². The lowest BCUT2D eigenvalue weighted by Gasteiger charge is -2.12. The Morgan fingerprint density at radius 3 is 2.45 bits per heavy atom. The third-order valence-electron chi connectivity index (χ3n) is 4.97. The molecule has 0 saturated heterocycles. The van der Waals surface area contributed by atoms with Gasteiger partial charge in [0.05, 0.1) is 23.6 Å². The Kier molecular flexibility index (Phi) is 6.65. The number of carbonyl (C=O) groups excluding carboxylic acids is 2. The molecule has 1 heterocycles. The Bertz CT molecular complexity index is 1200. The van der Waals surface area contributed by atoms with E-state index in [1.165, 1.54) is 11.6 Å². The number of amides is 1. The van der Waals surface area contributed by atoms with Crippen LogP contribution in [-0.2, 0) is 16.1 Å². The molecule has 31 heavy (non-hydrogen) atoms. The molecule has 160 valence electrons. The minimum atomic E-state index is -0.527. The molecule has 0 aliphatic carbocycles. The number of ether oxygens (including phenoxy) is 1. The molecule has 0 radical (unpaired) electrons. The zero-order valence-electron chi connectivity index (χ0n) is 18.1. The van der Waals surface area contributed by atoms with Gasteiger partial charge in [-0.3, -0.25) is 9.59 Å². The highest BCUT2D eigenvalue weighted by Crippen LogP contribution is 2.24. The number of nitrogens with zero attached hydrogens (tertiary/aromatic N) is 2. The van der Waals surface area contributed by atoms with Crippen molar-refractivity contribution in [2.75, 3.05) is 11.9 Å². The van der Waals surface area contributed by atoms with Crippen LogP contribution in [0.5, 0.6) is 0 Å². The van der Waals surface area contributed by atoms with Crippen molar-refractivity contribution in [3.05, 3.63) is 81.1 Å². The maximum Gasteiger partial charge on any atom is 0.340 e. The topological polar surface area (TPSA) is 90.3 Å². The van der Waals surface area contributed by atoms with Crippen molar-refractivity contribution in [3.8, 4) is 11.3 Å². The van der Waals surface area contributed by atoms with Crippen molar-refractivity contribution < 1.29 is 14.3 Å². The van der Waals surface area contributed by atoms with Crippen LogP contribution in [0.2, 0.25) is 0 Å². The molecule has 1 amide bonds. The van der Waals surface area contributed by atoms with E-state index in [1.54, 1.807) is 37.3 Å². The third-order valence-corrected chi connectivity index (χ3v) is 4.97. The second-order valence-corrected chi connectivity index (χ2v) is 7.28. The van der Waals surface area contributed by atoms with Crippen LogP contribution in [0.25, 0.3) is 11.3 Å². The molecular weight excluding hydrogens is 394 g/mol. The van der Waals surface area contributed by atoms with Crippen molar-refractivity contribution in [3.63, 3.8) is 0 Å². The molecule has 0 spiro atoms. The highest BCUT2D eigenvalue weighted by molar-refractivity contribution is 6.01. The van der Waals surface area contributed by atoms with E-state index in [1.807, 2.05) is 26.8 Å². The average molecular weight is 419 g/mol. The van der Waals surface area contributed by atoms with E-state index in [0.29, 0.717) is 11.4 Å². The first kappa shape index (κ1) is 22.0. The summed E-state index contributed by atoms with van der Waals surface area (Å²) in [4.78, 5) is 37.0. The molecule has 1 aromatic heterocycles. The first-order chi connectivity index (χ1) is 14.8. The van der Waals surface area contributed by atoms with Crippen molar-refractivity contribution in [1.82, 2.24) is 9.78 Å². The molecule has 0 fully saturated rings. The lowest BCUT2D eigenvalue weighted by molar-refractivity contribution is -0.117. The zero-order chi connectivity index (χ0) is 22.5. The van der Waals surface area contributed by atoms with Crippen LogP contribution >= 0.6 is 0 Å². The summed E-state index contributed by atoms with van der Waals surface area (Å²) in [7, 11) is 0. The second kappa shape index (κ2) is 9.38. The number of rotatable bonds is 6. The van der Waals surface area contributed by atoms with Gasteiger partial charge < -0.3 is 10.1 Å². The van der Waals surface area contributed by atoms with Crippen LogP contribution in [0.15, 0.2) is 53.3 Å². The van der Waals surface area contributed by atoms with E-state index in [9.17, 15) is 14.4 Å². The first-order valence-electron chi connectivity index (χ1n) is 10.0. The van der Waals surface area contributed by atoms with E-state index >= 15 is 0 Å². The smallest absolute Gasteiger partial charge is 0.340 e. The van der Waals surface area contributed by atoms with Gasteiger partial charge in [0.25, 0.3) is 5.56 Å². The molecule has 0 saturated carbocycles. The van der Waals surface area contributed by atoms with Gasteiger partial charge in [0.2, 0.25) is 5.91 Å². The van der Waals surface area contributed by atoms with Crippen LogP contribution in [-0.4, -0.2) is 28.3 Å². The Labute approximate surface area is 180 Å². The van der Waals surface area contributed by atoms with Crippen molar-refractivity contribution in [2.45, 2.75) is 34.2 Å². The van der Waals surface area contributed by atoms with Gasteiger partial charge in [-0.25, -0.2) is 9.48 Å². The zero-order valence-corrected chi connectivity index (χ0v) is 18.1. The monoisotopic (exact) mass is 419 g/mol. The van der Waals surface area contributed by atoms with Crippen molar-refractivity contribution in [1.29, 1.82) is 0 Å². The molecule has 3 aromatic rings. The van der Waals surface area contributed by atoms with E-state index in [4.69, 9.17) is 4.74 Å². The molecule has 7 heteroatoms. The van der Waals surface area contributed by atoms with Gasteiger partial charge in [-0.1, -0.05) is 18.2 Å². The number of anilines is 1. The quantitative estimate of drug-likeness (QED) is 0.616. The highest BCUT2D eigenvalue weighted by Gasteiger charge is 2.15. The maximum absolute atomic E-state index is 12.6. The van der Waals surface area contributed by atoms with Gasteiger partial charge in [0, 0.05) is 11.6 Å². The molecule has 3 rings (SSSR count). The summed E-state index contributed by atoms with van der Waals surface area (Å²) in [5.41, 5.74) is 5.03. The number of esters is 1. The molecule has 0 atom stereocenters. The SMILES string of the molecule is CCOC(=O)c1ccccc1NC(=O)Cn1nc(-c2cc(C)c(C)cc2C)ccc1=O. The van der Waals surface area contributed by atoms with E-state index < -0.39 is 11.9 Å². The van der Waals surface area contributed by atoms with Crippen molar-refractivity contribution >= 4 is 17.6 Å². The van der Waals surface area contributed by atoms with Crippen LogP contribution in [0.1, 0.15) is 34.0 Å². The van der Waals surface area contributed by atoms with E-state index in [-0.39, 0.29) is 24.3 Å². The lowest BCUT2D eigenvalue weighted by atomic mass is 9.99. The summed E-state index contributed by atoms with van der Waals surface area (Å²) in [5.74, 6) is -0.999. The molecule has 2 aromatic carbocycles. The summed E-state index contributed by atoms with van der Waals surface area (Å²) in [6.45, 7) is 7.69. The molecule has 0 bridgehead atoms. The minimum absolute atomic E-state index is 0.227. The fourth-order valence-corrected chi connectivity index (χ4v) is 3.25. The standard InChI is InChI=1S/C24H25N3O4/c1-5-31-24(30)18-8-6-7-9-20(18)25-22(28)14-27-23(29)11-10-21(26-27)19-13-16(3)15(2)12-17(19)4/h6-13H,5,14H2,1-4H3,(H,25,28). The number of benzene rings is 2. The molecule has 1 N–H and O–H groups in total. The molecular formula is C24H25N3O4. The number of para-hydroxylation sites is 1. The average Bonchev–Trinajstić information content (AvgIpc) is 2.73. The number of aromatic nitrogens is 2. The number of hydrogen-bond donors (Lipinski definition) is 1. The van der Waals surface area contributed by atoms with Gasteiger partial charge in [0.1, 0.15) is 6.54 Å². The Morgan fingerprint density at radius 2 is 1.71 bits per heavy atom. The maximum atomic E-state index is 12.6. The Balaban J connectivity index is 1.85. The predicted molar refractivity (Wildman–Crippen MR) is 119 cm³/mol. The van der Waals surface area contributed by atoms with E-state index in [0.717, 1.165) is 21.4 Å². The summed E-state index contributed by atoms with van der Waals surface area (Å²) in [6, 6.07) is 13.7. The van der Waals surface area contributed by atoms with Gasteiger partial charge in [0.15, 0.2) is 0 Å². The predicted octanol–water partition coefficient (Wildman–Crippen LogP) is 3.65. The number of aryl methyl sites for hydroxylation is 3. The Hall–Kier alpha value is -3.74. The number of nitrogens with one attached hydrogen (secondary N) is 1. The molecule has 0 aliphatic rings. The highest BCUT2D eigenvalue weighted by atomic mass is 16.5. The molecule has 0 unspecified atom stereocenters. The summed E-state index contributed by atoms with van der Waals surface area (Å²) in [5, 5.41) is 7.07. The van der Waals surface area contributed by atoms with E-state index in [2.05, 4.69) is 16.5 Å². The van der Waals surface area contributed by atoms with Gasteiger partial charge in [-0.05, 0) is 68.7 Å². The van der Waals surface area contributed by atoms with Crippen LogP contribution in [0, 0.1) is 20.8 Å². The summed E-state index contributed by atoms with van der Waals surface area (Å²) >= 11 is 0. The molecule has 0 aliphatic heterocycles. The minimum Gasteiger partial charge on any atom is -0.462 e. The fourth-order valence-electron chi connectivity index (χ4n) is 3.25. The Morgan fingerprint density at radius 1 is 1.00 bits per heavy atom. The van der Waals surface area contributed by atoms with Gasteiger partial charge in [-0.15, -0.1) is 0 Å². The van der Waals surface area contributed by atoms with Crippen LogP contribution in [0.4, 0.5) is 5.69 Å². The number of hydrogen-bond acceptors (Lipinski definition) is 5. The van der Waals surface area contributed by atoms with Crippen LogP contribution in [0.3, 0.4) is 0 Å². The normalized spacial score (nSPS) is 10.6. The second-order valence-electron chi connectivity index (χ2n) is 7.28. The van der Waals surface area contributed by atoms with Gasteiger partial charge in [-0.2, -0.15) is 5.10 Å². The largest absolute Gasteiger partial charge is 0.462 e. The molecule has 7 nitrogen and oxygen atoms in total. The third kappa shape index (κ3) is 5.06. The lowest BCUT2D eigenvalue weighted by Crippen LogP contribution is -2.29.